The van der Waals surface area contributed by atoms with Crippen LogP contribution < -0.4 is 21.9 Å². The molecule has 0 saturated carbocycles. The van der Waals surface area contributed by atoms with Crippen LogP contribution >= 0.6 is 23.2 Å². The number of amides is 1. The Kier molecular flexibility index (Phi) is 8.05. The minimum atomic E-state index is -0.822. The highest BCUT2D eigenvalue weighted by Crippen LogP contribution is 2.29. The maximum Gasteiger partial charge on any atom is 0.254 e. The van der Waals surface area contributed by atoms with Crippen molar-refractivity contribution in [3.63, 3.8) is 0 Å². The molecule has 1 amide bonds. The Morgan fingerprint density at radius 1 is 1.03 bits per heavy atom. The molecule has 0 aliphatic carbocycles. The first-order chi connectivity index (χ1) is 17.4. The van der Waals surface area contributed by atoms with Gasteiger partial charge in [-0.25, -0.2) is 4.98 Å². The van der Waals surface area contributed by atoms with Gasteiger partial charge < -0.3 is 16.4 Å². The quantitative estimate of drug-likeness (QED) is 0.270. The largest absolute Gasteiger partial charge is 0.388 e. The summed E-state index contributed by atoms with van der Waals surface area (Å²) in [5, 5.41) is 6.41. The summed E-state index contributed by atoms with van der Waals surface area (Å²) < 4.78 is 1.34. The molecule has 4 N–H and O–H groups in total. The average Bonchev–Trinajstić information content (AvgIpc) is 2.88. The van der Waals surface area contributed by atoms with Crippen molar-refractivity contribution in [3.05, 3.63) is 124 Å². The van der Waals surface area contributed by atoms with Gasteiger partial charge in [0.05, 0.1) is 12.0 Å². The second-order valence-electron chi connectivity index (χ2n) is 7.94. The molecule has 0 saturated heterocycles. The highest BCUT2D eigenvalue weighted by Gasteiger charge is 2.23. The van der Waals surface area contributed by atoms with Crippen molar-refractivity contribution in [1.29, 1.82) is 0 Å². The molecule has 0 bridgehead atoms. The Balaban J connectivity index is 1.71. The van der Waals surface area contributed by atoms with Gasteiger partial charge in [-0.15, -0.1) is 0 Å². The number of halogens is 2. The average molecular weight is 520 g/mol. The third-order valence-electron chi connectivity index (χ3n) is 5.41. The molecule has 0 aliphatic heterocycles. The van der Waals surface area contributed by atoms with Crippen LogP contribution in [0, 0.1) is 0 Å². The fraction of sp³-hybridized carbons (Fsp3) is 0.0741. The number of hydrogen-bond donors (Lipinski definition) is 3. The third-order valence-corrected chi connectivity index (χ3v) is 5.75. The molecule has 36 heavy (non-hydrogen) atoms. The van der Waals surface area contributed by atoms with Crippen LogP contribution in [0.2, 0.25) is 5.02 Å². The zero-order valence-corrected chi connectivity index (χ0v) is 20.6. The number of nitrogens with zero attached hydrogens (tertiary/aromatic N) is 2. The van der Waals surface area contributed by atoms with E-state index in [0.717, 1.165) is 5.56 Å². The summed E-state index contributed by atoms with van der Waals surface area (Å²) in [6, 6.07) is 24.2. The highest BCUT2D eigenvalue weighted by atomic mass is 35.5. The van der Waals surface area contributed by atoms with Crippen molar-refractivity contribution in [1.82, 2.24) is 9.55 Å². The molecule has 0 fully saturated rings. The lowest BCUT2D eigenvalue weighted by Crippen LogP contribution is -2.34. The smallest absolute Gasteiger partial charge is 0.254 e. The molecule has 7 nitrogen and oxygen atoms in total. The minimum absolute atomic E-state index is 0.0625. The molecule has 1 unspecified atom stereocenters. The molecule has 0 spiro atoms. The number of carbonyl (C=O) groups is 1. The summed E-state index contributed by atoms with van der Waals surface area (Å²) in [7, 11) is 0. The lowest BCUT2D eigenvalue weighted by Gasteiger charge is -2.20. The Morgan fingerprint density at radius 3 is 2.39 bits per heavy atom. The number of carbonyl (C=O) groups excluding carboxylic acids is 1. The second-order valence-corrected chi connectivity index (χ2v) is 8.82. The number of rotatable bonds is 8. The molecule has 182 valence electrons. The first-order valence-electron chi connectivity index (χ1n) is 11.1. The van der Waals surface area contributed by atoms with E-state index in [9.17, 15) is 9.59 Å². The van der Waals surface area contributed by atoms with E-state index in [0.29, 0.717) is 34.1 Å². The monoisotopic (exact) mass is 519 g/mol. The van der Waals surface area contributed by atoms with Gasteiger partial charge in [0.25, 0.3) is 5.56 Å². The van der Waals surface area contributed by atoms with Crippen molar-refractivity contribution < 1.29 is 4.79 Å². The van der Waals surface area contributed by atoms with E-state index in [1.807, 2.05) is 48.5 Å². The summed E-state index contributed by atoms with van der Waals surface area (Å²) in [5.74, 6) is -0.325. The molecule has 3 aromatic carbocycles. The van der Waals surface area contributed by atoms with E-state index in [1.165, 1.54) is 23.2 Å². The zero-order chi connectivity index (χ0) is 25.5. The van der Waals surface area contributed by atoms with Gasteiger partial charge in [-0.3, -0.25) is 14.2 Å². The summed E-state index contributed by atoms with van der Waals surface area (Å²) in [5.41, 5.74) is 8.24. The molecule has 1 atom stereocenters. The first-order valence-corrected chi connectivity index (χ1v) is 11.8. The number of hydrogen-bond acceptors (Lipinski definition) is 5. The lowest BCUT2D eigenvalue weighted by atomic mass is 10.0. The van der Waals surface area contributed by atoms with Crippen molar-refractivity contribution in [2.75, 3.05) is 10.6 Å². The Bertz CT molecular complexity index is 1440. The van der Waals surface area contributed by atoms with E-state index < -0.39 is 6.04 Å². The zero-order valence-electron chi connectivity index (χ0n) is 19.1. The van der Waals surface area contributed by atoms with Crippen molar-refractivity contribution in [2.45, 2.75) is 12.5 Å². The lowest BCUT2D eigenvalue weighted by molar-refractivity contribution is -0.119. The summed E-state index contributed by atoms with van der Waals surface area (Å²) in [6.07, 6.45) is 3.11. The van der Waals surface area contributed by atoms with E-state index in [1.54, 1.807) is 30.3 Å². The molecule has 1 heterocycles. The number of para-hydroxylation sites is 1. The maximum atomic E-state index is 13.3. The van der Waals surface area contributed by atoms with E-state index in [2.05, 4.69) is 15.6 Å². The van der Waals surface area contributed by atoms with Crippen LogP contribution in [0.4, 0.5) is 11.4 Å². The van der Waals surface area contributed by atoms with Gasteiger partial charge in [-0.1, -0.05) is 71.7 Å². The molecule has 0 radical (unpaired) electrons. The Hall–Kier alpha value is -4.07. The molecule has 1 aromatic heterocycles. The predicted molar refractivity (Wildman–Crippen MR) is 145 cm³/mol. The van der Waals surface area contributed by atoms with Gasteiger partial charge in [-0.2, -0.15) is 0 Å². The van der Waals surface area contributed by atoms with Crippen LogP contribution in [0.3, 0.4) is 0 Å². The highest BCUT2D eigenvalue weighted by molar-refractivity contribution is 6.31. The fourth-order valence-corrected chi connectivity index (χ4v) is 3.92. The van der Waals surface area contributed by atoms with E-state index in [-0.39, 0.29) is 16.6 Å². The van der Waals surface area contributed by atoms with Crippen LogP contribution in [0.5, 0.6) is 0 Å². The van der Waals surface area contributed by atoms with Gasteiger partial charge in [0, 0.05) is 40.6 Å². The summed E-state index contributed by atoms with van der Waals surface area (Å²) in [4.78, 5) is 31.1. The maximum absolute atomic E-state index is 13.3. The van der Waals surface area contributed by atoms with Crippen LogP contribution in [0.25, 0.3) is 11.3 Å². The second kappa shape index (κ2) is 11.6. The van der Waals surface area contributed by atoms with E-state index >= 15 is 0 Å². The van der Waals surface area contributed by atoms with Crippen molar-refractivity contribution in [2.24, 2.45) is 5.73 Å². The van der Waals surface area contributed by atoms with Gasteiger partial charge >= 0.3 is 0 Å². The Labute approximate surface area is 218 Å². The normalized spacial score (nSPS) is 12.1. The number of nitrogens with two attached hydrogens (primary N) is 1. The van der Waals surface area contributed by atoms with Crippen molar-refractivity contribution in [3.8, 4) is 11.3 Å². The van der Waals surface area contributed by atoms with Gasteiger partial charge in [0.2, 0.25) is 5.91 Å². The number of aromatic nitrogens is 2. The predicted octanol–water partition coefficient (Wildman–Crippen LogP) is 5.39. The molecule has 4 rings (SSSR count). The van der Waals surface area contributed by atoms with Gasteiger partial charge in [0.15, 0.2) is 0 Å². The minimum Gasteiger partial charge on any atom is -0.388 e. The van der Waals surface area contributed by atoms with Crippen LogP contribution in [0.1, 0.15) is 11.6 Å². The fourth-order valence-electron chi connectivity index (χ4n) is 3.69. The van der Waals surface area contributed by atoms with Gasteiger partial charge in [-0.05, 0) is 35.9 Å². The molecule has 9 heteroatoms. The molecular weight excluding hydrogens is 497 g/mol. The molecule has 4 aromatic rings. The van der Waals surface area contributed by atoms with Crippen molar-refractivity contribution >= 4 is 40.5 Å². The molecular formula is C27H23Cl2N5O2. The number of benzene rings is 3. The third kappa shape index (κ3) is 6.33. The van der Waals surface area contributed by atoms with Crippen LogP contribution in [-0.4, -0.2) is 15.5 Å². The topological polar surface area (TPSA) is 102 Å². The Morgan fingerprint density at radius 2 is 1.72 bits per heavy atom. The van der Waals surface area contributed by atoms with E-state index in [4.69, 9.17) is 28.9 Å². The first kappa shape index (κ1) is 25.0. The SMILES string of the molecule is N/C(Cl)=C\Nc1ccc(Cl)cc1-c1cc(=O)n(C(Cc2ccccc2)C(=O)Nc2ccccc2)cn1. The summed E-state index contributed by atoms with van der Waals surface area (Å²) in [6.45, 7) is 0. The standard InChI is InChI=1S/C27H23Cl2N5O2/c28-19-11-12-22(31-16-25(29)30)21(14-19)23-15-26(35)34(17-32-23)24(13-18-7-3-1-4-8-18)27(36)33-20-9-5-2-6-10-20/h1-12,14-17,24,31H,13,30H2,(H,33,36)/b25-16-. The number of anilines is 2. The van der Waals surface area contributed by atoms with Crippen LogP contribution in [0.15, 0.2) is 107 Å². The van der Waals surface area contributed by atoms with Gasteiger partial charge in [0.1, 0.15) is 11.2 Å². The number of nitrogens with one attached hydrogen (secondary N) is 2. The van der Waals surface area contributed by atoms with Crippen LogP contribution in [-0.2, 0) is 11.2 Å². The molecule has 0 aliphatic rings. The summed E-state index contributed by atoms with van der Waals surface area (Å²) >= 11 is 11.9.